The van der Waals surface area contributed by atoms with Gasteiger partial charge in [-0.2, -0.15) is 0 Å². The fourth-order valence-electron chi connectivity index (χ4n) is 2.86. The zero-order chi connectivity index (χ0) is 21.4. The van der Waals surface area contributed by atoms with Crippen molar-refractivity contribution in [3.63, 3.8) is 0 Å². The van der Waals surface area contributed by atoms with Gasteiger partial charge in [0.2, 0.25) is 0 Å². The molecule has 2 rings (SSSR count). The number of esters is 2. The summed E-state index contributed by atoms with van der Waals surface area (Å²) in [5.74, 6) is 0.0436. The van der Waals surface area contributed by atoms with Crippen LogP contribution in [0.3, 0.4) is 0 Å². The van der Waals surface area contributed by atoms with Crippen LogP contribution in [-0.2, 0) is 19.1 Å². The Labute approximate surface area is 170 Å². The molecule has 1 aliphatic rings. The predicted octanol–water partition coefficient (Wildman–Crippen LogP) is 2.85. The number of carbonyl (C=O) groups excluding carboxylic acids is 3. The molecule has 0 aliphatic carbocycles. The molecule has 8 heteroatoms. The average molecular weight is 404 g/mol. The van der Waals surface area contributed by atoms with Gasteiger partial charge in [-0.25, -0.2) is 9.59 Å². The van der Waals surface area contributed by atoms with Crippen molar-refractivity contribution >= 4 is 18.0 Å². The summed E-state index contributed by atoms with van der Waals surface area (Å²) in [5.41, 5.74) is 1.09. The van der Waals surface area contributed by atoms with Gasteiger partial charge in [0.15, 0.2) is 0 Å². The fraction of sp³-hybridized carbons (Fsp3) is 0.476. The molecule has 1 aromatic carbocycles. The molecule has 0 saturated heterocycles. The van der Waals surface area contributed by atoms with Gasteiger partial charge in [0.25, 0.3) is 0 Å². The quantitative estimate of drug-likeness (QED) is 0.614. The molecule has 8 nitrogen and oxygen atoms in total. The number of hydrogen-bond donors (Lipinski definition) is 2. The molecule has 1 aromatic rings. The number of benzene rings is 1. The van der Waals surface area contributed by atoms with Gasteiger partial charge in [-0.3, -0.25) is 4.79 Å². The Morgan fingerprint density at radius 2 is 1.83 bits per heavy atom. The van der Waals surface area contributed by atoms with Gasteiger partial charge in [0, 0.05) is 6.42 Å². The Balaban J connectivity index is 2.30. The number of rotatable bonds is 9. The second-order valence-corrected chi connectivity index (χ2v) is 7.01. The van der Waals surface area contributed by atoms with Gasteiger partial charge in [0.1, 0.15) is 12.4 Å². The summed E-state index contributed by atoms with van der Waals surface area (Å²) < 4.78 is 15.6. The lowest BCUT2D eigenvalue weighted by atomic mass is 9.95. The molecule has 1 unspecified atom stereocenters. The molecule has 0 saturated carbocycles. The number of amides is 2. The van der Waals surface area contributed by atoms with Crippen molar-refractivity contribution in [3.05, 3.63) is 41.1 Å². The number of nitrogens with one attached hydrogen (secondary N) is 2. The van der Waals surface area contributed by atoms with E-state index in [1.165, 1.54) is 0 Å². The van der Waals surface area contributed by atoms with E-state index >= 15 is 0 Å². The van der Waals surface area contributed by atoms with Gasteiger partial charge < -0.3 is 24.8 Å². The molecule has 0 spiro atoms. The highest BCUT2D eigenvalue weighted by Crippen LogP contribution is 2.29. The first-order valence-corrected chi connectivity index (χ1v) is 9.62. The molecule has 158 valence electrons. The zero-order valence-electron chi connectivity index (χ0n) is 17.2. The zero-order valence-corrected chi connectivity index (χ0v) is 17.2. The maximum Gasteiger partial charge on any atom is 0.338 e. The SMILES string of the molecule is CCOC(=O)C1=C(COC(=O)CCC(C)C)NC(=O)NC1c1ccc(OC)cc1. The van der Waals surface area contributed by atoms with E-state index in [9.17, 15) is 14.4 Å². The van der Waals surface area contributed by atoms with Crippen molar-refractivity contribution in [2.45, 2.75) is 39.7 Å². The predicted molar refractivity (Wildman–Crippen MR) is 106 cm³/mol. The maximum absolute atomic E-state index is 12.6. The van der Waals surface area contributed by atoms with Gasteiger partial charge in [-0.15, -0.1) is 0 Å². The van der Waals surface area contributed by atoms with E-state index in [2.05, 4.69) is 10.6 Å². The Morgan fingerprint density at radius 1 is 1.14 bits per heavy atom. The Kier molecular flexibility index (Phi) is 8.06. The van der Waals surface area contributed by atoms with Crippen LogP contribution in [0, 0.1) is 5.92 Å². The fourth-order valence-corrected chi connectivity index (χ4v) is 2.86. The molecule has 29 heavy (non-hydrogen) atoms. The summed E-state index contributed by atoms with van der Waals surface area (Å²) in [4.78, 5) is 36.8. The molecular formula is C21H28N2O6. The molecule has 0 radical (unpaired) electrons. The molecule has 0 bridgehead atoms. The third kappa shape index (κ3) is 6.23. The second-order valence-electron chi connectivity index (χ2n) is 7.01. The van der Waals surface area contributed by atoms with Crippen molar-refractivity contribution in [3.8, 4) is 5.75 Å². The molecule has 1 atom stereocenters. The van der Waals surface area contributed by atoms with Crippen molar-refractivity contribution in [2.75, 3.05) is 20.3 Å². The normalized spacial score (nSPS) is 16.2. The van der Waals surface area contributed by atoms with E-state index < -0.39 is 18.0 Å². The number of hydrogen-bond acceptors (Lipinski definition) is 6. The largest absolute Gasteiger partial charge is 0.497 e. The minimum Gasteiger partial charge on any atom is -0.497 e. The van der Waals surface area contributed by atoms with E-state index in [1.54, 1.807) is 38.3 Å². The lowest BCUT2D eigenvalue weighted by Crippen LogP contribution is -2.47. The Hall–Kier alpha value is -3.03. The van der Waals surface area contributed by atoms with Crippen molar-refractivity contribution < 1.29 is 28.6 Å². The summed E-state index contributed by atoms with van der Waals surface area (Å²) in [5, 5.41) is 5.30. The number of ether oxygens (including phenoxy) is 3. The van der Waals surface area contributed by atoms with Crippen LogP contribution in [-0.4, -0.2) is 38.3 Å². The maximum atomic E-state index is 12.6. The van der Waals surface area contributed by atoms with Crippen LogP contribution in [0.5, 0.6) is 5.75 Å². The molecule has 2 amide bonds. The van der Waals surface area contributed by atoms with Crippen LogP contribution < -0.4 is 15.4 Å². The number of urea groups is 1. The highest BCUT2D eigenvalue weighted by atomic mass is 16.5. The smallest absolute Gasteiger partial charge is 0.338 e. The molecular weight excluding hydrogens is 376 g/mol. The van der Waals surface area contributed by atoms with Crippen LogP contribution in [0.2, 0.25) is 0 Å². The second kappa shape index (κ2) is 10.5. The van der Waals surface area contributed by atoms with Crippen LogP contribution in [0.15, 0.2) is 35.5 Å². The molecule has 0 aromatic heterocycles. The molecule has 0 fully saturated rings. The van der Waals surface area contributed by atoms with Gasteiger partial charge in [-0.05, 0) is 37.0 Å². The standard InChI is InChI=1S/C21H28N2O6/c1-5-28-20(25)18-16(12-29-17(24)11-6-13(2)3)22-21(26)23-19(18)14-7-9-15(27-4)10-8-14/h7-10,13,19H,5-6,11-12H2,1-4H3,(H2,22,23,26). The van der Waals surface area contributed by atoms with E-state index in [0.29, 0.717) is 23.7 Å². The van der Waals surface area contributed by atoms with Crippen molar-refractivity contribution in [2.24, 2.45) is 5.92 Å². The summed E-state index contributed by atoms with van der Waals surface area (Å²) in [6.45, 7) is 5.68. The Morgan fingerprint density at radius 3 is 2.41 bits per heavy atom. The lowest BCUT2D eigenvalue weighted by Gasteiger charge is -2.29. The molecule has 1 aliphatic heterocycles. The minimum absolute atomic E-state index is 0.174. The van der Waals surface area contributed by atoms with E-state index in [0.717, 1.165) is 0 Å². The number of methoxy groups -OCH3 is 1. The topological polar surface area (TPSA) is 103 Å². The third-order valence-electron chi connectivity index (χ3n) is 4.40. The summed E-state index contributed by atoms with van der Waals surface area (Å²) in [6, 6.07) is 5.74. The summed E-state index contributed by atoms with van der Waals surface area (Å²) in [7, 11) is 1.55. The van der Waals surface area contributed by atoms with Crippen LogP contribution in [0.1, 0.15) is 45.2 Å². The Bertz CT molecular complexity index is 770. The van der Waals surface area contributed by atoms with Crippen molar-refractivity contribution in [1.29, 1.82) is 0 Å². The van der Waals surface area contributed by atoms with Crippen LogP contribution in [0.25, 0.3) is 0 Å². The third-order valence-corrected chi connectivity index (χ3v) is 4.40. The highest BCUT2D eigenvalue weighted by Gasteiger charge is 2.34. The first-order chi connectivity index (χ1) is 13.8. The highest BCUT2D eigenvalue weighted by molar-refractivity contribution is 5.95. The van der Waals surface area contributed by atoms with Crippen LogP contribution >= 0.6 is 0 Å². The van der Waals surface area contributed by atoms with Gasteiger partial charge in [-0.1, -0.05) is 26.0 Å². The minimum atomic E-state index is -0.738. The lowest BCUT2D eigenvalue weighted by molar-refractivity contribution is -0.144. The van der Waals surface area contributed by atoms with Gasteiger partial charge >= 0.3 is 18.0 Å². The van der Waals surface area contributed by atoms with Crippen molar-refractivity contribution in [1.82, 2.24) is 10.6 Å². The number of carbonyl (C=O) groups is 3. The first-order valence-electron chi connectivity index (χ1n) is 9.62. The summed E-state index contributed by atoms with van der Waals surface area (Å²) in [6.07, 6.45) is 0.971. The monoisotopic (exact) mass is 404 g/mol. The van der Waals surface area contributed by atoms with Crippen LogP contribution in [0.4, 0.5) is 4.79 Å². The first kappa shape index (κ1) is 22.3. The van der Waals surface area contributed by atoms with Gasteiger partial charge in [0.05, 0.1) is 31.0 Å². The summed E-state index contributed by atoms with van der Waals surface area (Å²) >= 11 is 0. The van der Waals surface area contributed by atoms with E-state index in [1.807, 2.05) is 13.8 Å². The van der Waals surface area contributed by atoms with E-state index in [4.69, 9.17) is 14.2 Å². The van der Waals surface area contributed by atoms with E-state index in [-0.39, 0.29) is 36.9 Å². The molecule has 1 heterocycles. The average Bonchev–Trinajstić information content (AvgIpc) is 2.70. The molecule has 2 N–H and O–H groups in total.